The molecule has 0 spiro atoms. The summed E-state index contributed by atoms with van der Waals surface area (Å²) in [4.78, 5) is 4.52. The predicted molar refractivity (Wildman–Crippen MR) is 125 cm³/mol. The van der Waals surface area contributed by atoms with Crippen LogP contribution in [0.4, 0.5) is 4.39 Å². The third kappa shape index (κ3) is 6.63. The van der Waals surface area contributed by atoms with Crippen molar-refractivity contribution in [2.24, 2.45) is 0 Å². The smallest absolute Gasteiger partial charge is 0.134 e. The van der Waals surface area contributed by atoms with E-state index in [1.165, 1.54) is 6.07 Å². The number of pyridine rings is 1. The van der Waals surface area contributed by atoms with Gasteiger partial charge in [-0.15, -0.1) is 0 Å². The average Bonchev–Trinajstić information content (AvgIpc) is 2.78. The second-order valence-corrected chi connectivity index (χ2v) is 7.48. The van der Waals surface area contributed by atoms with Crippen LogP contribution in [-0.4, -0.2) is 22.8 Å². The SMILES string of the molecule is C=CCOc1ccc(-c2ccc(-c3ccc(C=CCCCC(C)O)cc3)nc2)c(F)c1. The van der Waals surface area contributed by atoms with Crippen LogP contribution in [0.3, 0.4) is 0 Å². The Balaban J connectivity index is 1.65. The van der Waals surface area contributed by atoms with Crippen LogP contribution in [0.15, 0.2) is 79.5 Å². The topological polar surface area (TPSA) is 42.4 Å². The highest BCUT2D eigenvalue weighted by Crippen LogP contribution is 2.27. The van der Waals surface area contributed by atoms with Crippen molar-refractivity contribution >= 4 is 6.08 Å². The molecule has 0 aliphatic carbocycles. The van der Waals surface area contributed by atoms with Gasteiger partial charge >= 0.3 is 0 Å². The van der Waals surface area contributed by atoms with Gasteiger partial charge in [0.1, 0.15) is 18.2 Å². The molecule has 3 rings (SSSR count). The molecule has 1 heterocycles. The van der Waals surface area contributed by atoms with Gasteiger partial charge in [-0.3, -0.25) is 4.98 Å². The standard InChI is InChI=1S/C27H28FNO2/c1-3-17-31-24-14-15-25(26(28)18-24)23-13-16-27(29-19-23)22-11-9-21(10-12-22)8-6-4-5-7-20(2)30/h3,6,8-16,18-20,30H,1,4-5,7,17H2,2H3. The van der Waals surface area contributed by atoms with Gasteiger partial charge in [0.15, 0.2) is 0 Å². The molecule has 1 N–H and O–H groups in total. The maximum Gasteiger partial charge on any atom is 0.134 e. The number of rotatable bonds is 10. The van der Waals surface area contributed by atoms with Gasteiger partial charge in [0, 0.05) is 29.0 Å². The third-order valence-corrected chi connectivity index (χ3v) is 4.89. The summed E-state index contributed by atoms with van der Waals surface area (Å²) in [5.41, 5.74) is 4.17. The lowest BCUT2D eigenvalue weighted by Crippen LogP contribution is -1.97. The molecule has 31 heavy (non-hydrogen) atoms. The molecule has 0 aliphatic rings. The first-order chi connectivity index (χ1) is 15.1. The van der Waals surface area contributed by atoms with E-state index in [1.54, 1.807) is 24.4 Å². The summed E-state index contributed by atoms with van der Waals surface area (Å²) < 4.78 is 19.8. The molecule has 0 saturated carbocycles. The van der Waals surface area contributed by atoms with Crippen LogP contribution in [-0.2, 0) is 0 Å². The van der Waals surface area contributed by atoms with E-state index in [0.29, 0.717) is 23.5 Å². The van der Waals surface area contributed by atoms with Crippen LogP contribution in [0.5, 0.6) is 5.75 Å². The Morgan fingerprint density at radius 2 is 1.87 bits per heavy atom. The summed E-state index contributed by atoms with van der Waals surface area (Å²) in [6, 6.07) is 16.8. The minimum absolute atomic E-state index is 0.237. The van der Waals surface area contributed by atoms with Gasteiger partial charge in [-0.2, -0.15) is 0 Å². The number of hydrogen-bond donors (Lipinski definition) is 1. The first-order valence-corrected chi connectivity index (χ1v) is 10.5. The highest BCUT2D eigenvalue weighted by atomic mass is 19.1. The predicted octanol–water partition coefficient (Wildman–Crippen LogP) is 6.68. The number of unbranched alkanes of at least 4 members (excludes halogenated alkanes) is 1. The Kier molecular flexibility index (Phi) is 8.13. The monoisotopic (exact) mass is 417 g/mol. The highest BCUT2D eigenvalue weighted by Gasteiger charge is 2.08. The van der Waals surface area contributed by atoms with Gasteiger partial charge in [0.2, 0.25) is 0 Å². The molecule has 0 amide bonds. The summed E-state index contributed by atoms with van der Waals surface area (Å²) in [5.74, 6) is 0.128. The van der Waals surface area contributed by atoms with E-state index in [2.05, 4.69) is 35.8 Å². The normalized spacial score (nSPS) is 12.1. The van der Waals surface area contributed by atoms with E-state index in [0.717, 1.165) is 36.1 Å². The Bertz CT molecular complexity index is 1010. The Labute approximate surface area is 183 Å². The van der Waals surface area contributed by atoms with Gasteiger partial charge in [0.05, 0.1) is 11.8 Å². The van der Waals surface area contributed by atoms with Gasteiger partial charge in [-0.25, -0.2) is 4.39 Å². The molecule has 3 nitrogen and oxygen atoms in total. The second-order valence-electron chi connectivity index (χ2n) is 7.48. The molecule has 2 aromatic carbocycles. The van der Waals surface area contributed by atoms with Gasteiger partial charge in [-0.1, -0.05) is 55.1 Å². The van der Waals surface area contributed by atoms with Crippen molar-refractivity contribution in [2.75, 3.05) is 6.61 Å². The minimum Gasteiger partial charge on any atom is -0.489 e. The summed E-state index contributed by atoms with van der Waals surface area (Å²) in [7, 11) is 0. The quantitative estimate of drug-likeness (QED) is 0.295. The van der Waals surface area contributed by atoms with Gasteiger partial charge in [-0.05, 0) is 49.9 Å². The van der Waals surface area contributed by atoms with Crippen LogP contribution in [0.1, 0.15) is 31.7 Å². The largest absolute Gasteiger partial charge is 0.489 e. The second kappa shape index (κ2) is 11.2. The fourth-order valence-electron chi connectivity index (χ4n) is 3.21. The number of aliphatic hydroxyl groups is 1. The Morgan fingerprint density at radius 3 is 2.52 bits per heavy atom. The molecule has 0 bridgehead atoms. The molecule has 1 atom stereocenters. The third-order valence-electron chi connectivity index (χ3n) is 4.89. The van der Waals surface area contributed by atoms with E-state index >= 15 is 0 Å². The molecular weight excluding hydrogens is 389 g/mol. The lowest BCUT2D eigenvalue weighted by Gasteiger charge is -2.08. The van der Waals surface area contributed by atoms with Crippen LogP contribution in [0.25, 0.3) is 28.5 Å². The van der Waals surface area contributed by atoms with E-state index in [1.807, 2.05) is 31.2 Å². The van der Waals surface area contributed by atoms with Crippen LogP contribution in [0.2, 0.25) is 0 Å². The lowest BCUT2D eigenvalue weighted by atomic mass is 10.0. The van der Waals surface area contributed by atoms with Crippen molar-refractivity contribution in [3.63, 3.8) is 0 Å². The van der Waals surface area contributed by atoms with E-state index in [9.17, 15) is 9.50 Å². The van der Waals surface area contributed by atoms with E-state index < -0.39 is 0 Å². The van der Waals surface area contributed by atoms with Crippen molar-refractivity contribution in [3.05, 3.63) is 90.9 Å². The lowest BCUT2D eigenvalue weighted by molar-refractivity contribution is 0.182. The fraction of sp³-hybridized carbons (Fsp3) is 0.222. The number of halogens is 1. The average molecular weight is 418 g/mol. The molecule has 1 aromatic heterocycles. The molecule has 0 radical (unpaired) electrons. The number of allylic oxidation sites excluding steroid dienone is 1. The van der Waals surface area contributed by atoms with Crippen LogP contribution < -0.4 is 4.74 Å². The number of aromatic nitrogens is 1. The maximum atomic E-state index is 14.5. The first kappa shape index (κ1) is 22.4. The molecule has 0 aliphatic heterocycles. The molecule has 1 unspecified atom stereocenters. The van der Waals surface area contributed by atoms with Crippen molar-refractivity contribution in [1.82, 2.24) is 4.98 Å². The number of ether oxygens (including phenoxy) is 1. The summed E-state index contributed by atoms with van der Waals surface area (Å²) in [5, 5.41) is 9.29. The van der Waals surface area contributed by atoms with Gasteiger partial charge in [0.25, 0.3) is 0 Å². The Hall–Kier alpha value is -3.24. The zero-order valence-electron chi connectivity index (χ0n) is 17.8. The number of benzene rings is 2. The van der Waals surface area contributed by atoms with Crippen molar-refractivity contribution in [3.8, 4) is 28.1 Å². The number of aliphatic hydroxyl groups excluding tert-OH is 1. The van der Waals surface area contributed by atoms with Gasteiger partial charge < -0.3 is 9.84 Å². The molecule has 0 fully saturated rings. The Morgan fingerprint density at radius 1 is 1.10 bits per heavy atom. The maximum absolute atomic E-state index is 14.5. The molecule has 4 heteroatoms. The zero-order valence-corrected chi connectivity index (χ0v) is 17.8. The van der Waals surface area contributed by atoms with Crippen molar-refractivity contribution in [1.29, 1.82) is 0 Å². The molecule has 0 saturated heterocycles. The number of hydrogen-bond acceptors (Lipinski definition) is 3. The van der Waals surface area contributed by atoms with E-state index in [-0.39, 0.29) is 11.9 Å². The number of nitrogens with zero attached hydrogens (tertiary/aromatic N) is 1. The summed E-state index contributed by atoms with van der Waals surface area (Å²) in [6.45, 7) is 5.74. The molecule has 160 valence electrons. The van der Waals surface area contributed by atoms with Crippen LogP contribution >= 0.6 is 0 Å². The first-order valence-electron chi connectivity index (χ1n) is 10.5. The highest BCUT2D eigenvalue weighted by molar-refractivity contribution is 5.68. The van der Waals surface area contributed by atoms with Crippen molar-refractivity contribution < 1.29 is 14.2 Å². The summed E-state index contributed by atoms with van der Waals surface area (Å²) in [6.07, 6.45) is 10.0. The molecule has 3 aromatic rings. The van der Waals surface area contributed by atoms with Crippen molar-refractivity contribution in [2.45, 2.75) is 32.3 Å². The van der Waals surface area contributed by atoms with Crippen LogP contribution in [0, 0.1) is 5.82 Å². The molecular formula is C27H28FNO2. The fourth-order valence-corrected chi connectivity index (χ4v) is 3.21. The summed E-state index contributed by atoms with van der Waals surface area (Å²) >= 11 is 0. The van der Waals surface area contributed by atoms with E-state index in [4.69, 9.17) is 4.74 Å². The zero-order chi connectivity index (χ0) is 22.1. The minimum atomic E-state index is -0.347.